The zero-order valence-electron chi connectivity index (χ0n) is 38.3. The van der Waals surface area contributed by atoms with Crippen LogP contribution in [-0.2, 0) is 0 Å². The lowest BCUT2D eigenvalue weighted by atomic mass is 10.00. The van der Waals surface area contributed by atoms with Gasteiger partial charge in [-0.1, -0.05) is 146 Å². The van der Waals surface area contributed by atoms with E-state index in [1.165, 1.54) is 10.8 Å². The Hall–Kier alpha value is -9.59. The SMILES string of the molecule is Cc1cc(-n2c3ccc(-c4ccc5oc6ccccc6c5c4)cc3c3cc4c(cc32)c2ccccc2n4-c2ccccc2)c2c(oc3ccccc32)c1-c1nc(-c2ccccc2)nc(-c2ccccc2)n1. The van der Waals surface area contributed by atoms with Crippen molar-refractivity contribution < 1.29 is 8.83 Å². The van der Waals surface area contributed by atoms with E-state index in [-0.39, 0.29) is 0 Å². The van der Waals surface area contributed by atoms with Crippen molar-refractivity contribution in [1.82, 2.24) is 24.1 Å². The number of nitrogens with zero attached hydrogens (tertiary/aromatic N) is 5. The van der Waals surface area contributed by atoms with Crippen molar-refractivity contribution in [2.45, 2.75) is 6.92 Å². The second-order valence-electron chi connectivity index (χ2n) is 18.4. The van der Waals surface area contributed by atoms with E-state index < -0.39 is 0 Å². The molecule has 0 bridgehead atoms. The summed E-state index contributed by atoms with van der Waals surface area (Å²) in [5.74, 6) is 1.74. The van der Waals surface area contributed by atoms with Gasteiger partial charge in [0.05, 0.1) is 38.7 Å². The van der Waals surface area contributed by atoms with E-state index in [4.69, 9.17) is 23.8 Å². The predicted octanol–water partition coefficient (Wildman–Crippen LogP) is 16.8. The Balaban J connectivity index is 1.04. The average Bonchev–Trinajstić information content (AvgIpc) is 4.18. The highest BCUT2D eigenvalue weighted by atomic mass is 16.3. The summed E-state index contributed by atoms with van der Waals surface area (Å²) >= 11 is 0. The fourth-order valence-corrected chi connectivity index (χ4v) is 11.1. The molecule has 15 aromatic rings. The van der Waals surface area contributed by atoms with E-state index in [0.717, 1.165) is 121 Å². The fourth-order valence-electron chi connectivity index (χ4n) is 11.1. The van der Waals surface area contributed by atoms with Gasteiger partial charge >= 0.3 is 0 Å². The molecule has 0 spiro atoms. The molecular weight excluding hydrogens is 871 g/mol. The lowest BCUT2D eigenvalue weighted by Crippen LogP contribution is -2.03. The first-order valence-electron chi connectivity index (χ1n) is 23.9. The number of hydrogen-bond acceptors (Lipinski definition) is 5. The first-order chi connectivity index (χ1) is 35.1. The summed E-state index contributed by atoms with van der Waals surface area (Å²) < 4.78 is 18.2. The molecular formula is C64H39N5O2. The third kappa shape index (κ3) is 6.00. The van der Waals surface area contributed by atoms with Gasteiger partial charge in [-0.25, -0.2) is 15.0 Å². The fraction of sp³-hybridized carbons (Fsp3) is 0.0156. The number of furan rings is 2. The van der Waals surface area contributed by atoms with E-state index >= 15 is 0 Å². The molecule has 71 heavy (non-hydrogen) atoms. The van der Waals surface area contributed by atoms with Crippen molar-refractivity contribution in [1.29, 1.82) is 0 Å². The minimum absolute atomic E-state index is 0.551. The van der Waals surface area contributed by atoms with Gasteiger partial charge in [0.1, 0.15) is 22.3 Å². The molecule has 5 aromatic heterocycles. The highest BCUT2D eigenvalue weighted by molar-refractivity contribution is 6.22. The van der Waals surface area contributed by atoms with Gasteiger partial charge in [0.2, 0.25) is 0 Å². The Morgan fingerprint density at radius 1 is 0.338 bits per heavy atom. The Morgan fingerprint density at radius 2 is 0.845 bits per heavy atom. The normalized spacial score (nSPS) is 12.0. The van der Waals surface area contributed by atoms with Crippen LogP contribution in [0, 0.1) is 6.92 Å². The Morgan fingerprint density at radius 3 is 1.56 bits per heavy atom. The maximum absolute atomic E-state index is 7.06. The third-order valence-corrected chi connectivity index (χ3v) is 14.3. The van der Waals surface area contributed by atoms with Crippen molar-refractivity contribution in [3.8, 4) is 56.7 Å². The number of hydrogen-bond donors (Lipinski definition) is 0. The second kappa shape index (κ2) is 15.2. The predicted molar refractivity (Wildman–Crippen MR) is 290 cm³/mol. The highest BCUT2D eigenvalue weighted by Crippen LogP contribution is 2.46. The first kappa shape index (κ1) is 39.4. The van der Waals surface area contributed by atoms with Crippen LogP contribution in [0.3, 0.4) is 0 Å². The van der Waals surface area contributed by atoms with Crippen molar-refractivity contribution in [2.24, 2.45) is 0 Å². The smallest absolute Gasteiger partial charge is 0.168 e. The summed E-state index contributed by atoms with van der Waals surface area (Å²) in [5, 5.41) is 8.85. The number of benzene rings is 10. The van der Waals surface area contributed by atoms with Crippen LogP contribution in [0.15, 0.2) is 227 Å². The molecule has 0 aliphatic carbocycles. The molecule has 0 aliphatic heterocycles. The zero-order chi connectivity index (χ0) is 46.7. The van der Waals surface area contributed by atoms with Crippen LogP contribution in [0.25, 0.3) is 144 Å². The monoisotopic (exact) mass is 909 g/mol. The number of aryl methyl sites for hydroxylation is 1. The zero-order valence-corrected chi connectivity index (χ0v) is 38.3. The van der Waals surface area contributed by atoms with Gasteiger partial charge in [0.15, 0.2) is 17.5 Å². The molecule has 5 heterocycles. The second-order valence-corrected chi connectivity index (χ2v) is 18.4. The molecule has 0 fully saturated rings. The Kier molecular flexibility index (Phi) is 8.44. The van der Waals surface area contributed by atoms with E-state index in [1.807, 2.05) is 78.9 Å². The number of aromatic nitrogens is 5. The molecule has 0 N–H and O–H groups in total. The molecule has 0 saturated heterocycles. The topological polar surface area (TPSA) is 74.8 Å². The maximum Gasteiger partial charge on any atom is 0.168 e. The molecule has 0 unspecified atom stereocenters. The lowest BCUT2D eigenvalue weighted by molar-refractivity contribution is 0.668. The van der Waals surface area contributed by atoms with Crippen LogP contribution in [0.5, 0.6) is 0 Å². The van der Waals surface area contributed by atoms with Crippen LogP contribution in [-0.4, -0.2) is 24.1 Å². The summed E-state index contributed by atoms with van der Waals surface area (Å²) in [4.78, 5) is 15.5. The summed E-state index contributed by atoms with van der Waals surface area (Å²) in [7, 11) is 0. The molecule has 7 nitrogen and oxygen atoms in total. The Bertz CT molecular complexity index is 4580. The summed E-state index contributed by atoms with van der Waals surface area (Å²) in [6, 6.07) is 76.8. The van der Waals surface area contributed by atoms with Gasteiger partial charge in [0, 0.05) is 54.5 Å². The van der Waals surface area contributed by atoms with Gasteiger partial charge in [-0.05, 0) is 96.4 Å². The average molecular weight is 910 g/mol. The van der Waals surface area contributed by atoms with Crippen molar-refractivity contribution in [3.05, 3.63) is 224 Å². The minimum Gasteiger partial charge on any atom is -0.456 e. The minimum atomic E-state index is 0.551. The van der Waals surface area contributed by atoms with E-state index in [0.29, 0.717) is 17.5 Å². The van der Waals surface area contributed by atoms with Crippen LogP contribution in [0.4, 0.5) is 0 Å². The molecule has 0 saturated carbocycles. The summed E-state index contributed by atoms with van der Waals surface area (Å²) in [6.07, 6.45) is 0. The van der Waals surface area contributed by atoms with Crippen LogP contribution in [0.2, 0.25) is 0 Å². The lowest BCUT2D eigenvalue weighted by Gasteiger charge is -2.15. The van der Waals surface area contributed by atoms with Crippen molar-refractivity contribution in [3.63, 3.8) is 0 Å². The van der Waals surface area contributed by atoms with Crippen LogP contribution < -0.4 is 0 Å². The van der Waals surface area contributed by atoms with E-state index in [2.05, 4.69) is 156 Å². The quantitative estimate of drug-likeness (QED) is 0.166. The molecule has 10 aromatic carbocycles. The van der Waals surface area contributed by atoms with Crippen LogP contribution >= 0.6 is 0 Å². The van der Waals surface area contributed by atoms with E-state index in [9.17, 15) is 0 Å². The number of fused-ring (bicyclic) bond motifs is 12. The molecule has 0 aliphatic rings. The molecule has 15 rings (SSSR count). The van der Waals surface area contributed by atoms with Gasteiger partial charge in [-0.2, -0.15) is 0 Å². The number of rotatable bonds is 6. The molecule has 0 atom stereocenters. The highest BCUT2D eigenvalue weighted by Gasteiger charge is 2.26. The molecule has 332 valence electrons. The van der Waals surface area contributed by atoms with Gasteiger partial charge in [-0.15, -0.1) is 0 Å². The summed E-state index contributed by atoms with van der Waals surface area (Å²) in [6.45, 7) is 2.15. The van der Waals surface area contributed by atoms with Gasteiger partial charge in [0.25, 0.3) is 0 Å². The first-order valence-corrected chi connectivity index (χ1v) is 23.9. The Labute approximate surface area is 406 Å². The largest absolute Gasteiger partial charge is 0.456 e. The van der Waals surface area contributed by atoms with Crippen LogP contribution in [0.1, 0.15) is 5.56 Å². The standard InChI is InChI=1S/C64H39N5O2/c1-38-33-55(60-46-25-13-16-28-57(46)71-61(60)59(38)64-66-62(39-17-5-2-6-18-39)65-63(67-64)40-19-7-3-8-20-40)69-52-31-29-41(42-30-32-58-50(35-42)45-24-12-15-27-56(45)70-58)34-47(52)49-37-53-48(36-54(49)69)44-23-11-14-26-51(44)68(53)43-21-9-4-10-22-43/h2-37H,1H3. The summed E-state index contributed by atoms with van der Waals surface area (Å²) in [5.41, 5.74) is 15.7. The maximum atomic E-state index is 7.06. The number of para-hydroxylation sites is 4. The van der Waals surface area contributed by atoms with Gasteiger partial charge in [-0.3, -0.25) is 0 Å². The van der Waals surface area contributed by atoms with Crippen molar-refractivity contribution >= 4 is 87.5 Å². The third-order valence-electron chi connectivity index (χ3n) is 14.3. The van der Waals surface area contributed by atoms with Gasteiger partial charge < -0.3 is 18.0 Å². The van der Waals surface area contributed by atoms with E-state index in [1.54, 1.807) is 0 Å². The van der Waals surface area contributed by atoms with Crippen molar-refractivity contribution in [2.75, 3.05) is 0 Å². The molecule has 0 amide bonds. The molecule has 7 heteroatoms. The molecule has 0 radical (unpaired) electrons.